The van der Waals surface area contributed by atoms with Crippen molar-refractivity contribution >= 4 is 35.7 Å². The molecule has 1 aliphatic heterocycles. The molecule has 1 aromatic rings. The second-order valence-electron chi connectivity index (χ2n) is 9.15. The molecule has 1 aliphatic rings. The third-order valence-electron chi connectivity index (χ3n) is 5.50. The summed E-state index contributed by atoms with van der Waals surface area (Å²) in [5.74, 6) is -4.18. The summed E-state index contributed by atoms with van der Waals surface area (Å²) in [5, 5.41) is 14.4. The largest absolute Gasteiger partial charge is 0.467 e. The summed E-state index contributed by atoms with van der Waals surface area (Å²) >= 11 is 0. The Morgan fingerprint density at radius 1 is 0.976 bits per heavy atom. The van der Waals surface area contributed by atoms with Crippen LogP contribution in [0.4, 0.5) is 10.5 Å². The first kappa shape index (κ1) is 33.7. The van der Waals surface area contributed by atoms with Gasteiger partial charge >= 0.3 is 35.7 Å². The molecule has 17 heteroatoms. The second kappa shape index (κ2) is 15.5. The zero-order valence-electron chi connectivity index (χ0n) is 23.9. The number of hydrogen-bond acceptors (Lipinski definition) is 15. The van der Waals surface area contributed by atoms with Crippen molar-refractivity contribution < 1.29 is 62.1 Å². The number of hydrogen-bond donors (Lipinski definition) is 1. The number of nitro benzene ring substituents is 1. The van der Waals surface area contributed by atoms with Gasteiger partial charge in [-0.1, -0.05) is 6.07 Å². The molecule has 0 aliphatic carbocycles. The van der Waals surface area contributed by atoms with Gasteiger partial charge in [-0.2, -0.15) is 0 Å². The predicted molar refractivity (Wildman–Crippen MR) is 138 cm³/mol. The zero-order valence-corrected chi connectivity index (χ0v) is 23.9. The van der Waals surface area contributed by atoms with E-state index >= 15 is 0 Å². The van der Waals surface area contributed by atoms with Crippen molar-refractivity contribution in [3.8, 4) is 5.75 Å². The Morgan fingerprint density at radius 3 is 2.12 bits per heavy atom. The molecule has 1 aromatic carbocycles. The topological polar surface area (TPSA) is 208 Å². The number of ether oxygens (including phenoxy) is 7. The third kappa shape index (κ3) is 9.84. The molecule has 1 fully saturated rings. The van der Waals surface area contributed by atoms with Crippen LogP contribution in [0, 0.1) is 10.1 Å². The Morgan fingerprint density at radius 2 is 1.57 bits per heavy atom. The van der Waals surface area contributed by atoms with E-state index < -0.39 is 77.0 Å². The number of nitro groups is 1. The molecule has 3 unspecified atom stereocenters. The van der Waals surface area contributed by atoms with Crippen LogP contribution in [0.1, 0.15) is 26.3 Å². The molecule has 1 heterocycles. The van der Waals surface area contributed by atoms with Crippen molar-refractivity contribution in [3.05, 3.63) is 33.9 Å². The fraction of sp³-hybridized carbons (Fsp3) is 0.560. The van der Waals surface area contributed by atoms with Gasteiger partial charge in [0.2, 0.25) is 12.4 Å². The van der Waals surface area contributed by atoms with Crippen LogP contribution < -0.4 is 10.1 Å². The summed E-state index contributed by atoms with van der Waals surface area (Å²) in [6.07, 6.45) is -9.22. The van der Waals surface area contributed by atoms with Crippen molar-refractivity contribution in [3.63, 3.8) is 0 Å². The molecule has 0 radical (unpaired) electrons. The highest BCUT2D eigenvalue weighted by molar-refractivity contribution is 5.77. The summed E-state index contributed by atoms with van der Waals surface area (Å²) < 4.78 is 36.8. The van der Waals surface area contributed by atoms with Gasteiger partial charge in [-0.15, -0.1) is 0 Å². The predicted octanol–water partition coefficient (Wildman–Crippen LogP) is 0.454. The Hall–Kier alpha value is -4.51. The average molecular weight is 600 g/mol. The first-order valence-electron chi connectivity index (χ1n) is 12.5. The van der Waals surface area contributed by atoms with Crippen LogP contribution in [0.3, 0.4) is 0 Å². The lowest BCUT2D eigenvalue weighted by Gasteiger charge is -2.42. The van der Waals surface area contributed by atoms with E-state index in [1.807, 2.05) is 19.0 Å². The summed E-state index contributed by atoms with van der Waals surface area (Å²) in [6, 6.07) is 3.61. The van der Waals surface area contributed by atoms with Crippen molar-refractivity contribution in [1.29, 1.82) is 0 Å². The molecule has 0 aromatic heterocycles. The van der Waals surface area contributed by atoms with Gasteiger partial charge < -0.3 is 43.4 Å². The summed E-state index contributed by atoms with van der Waals surface area (Å²) in [5.41, 5.74) is -0.367. The first-order valence-corrected chi connectivity index (χ1v) is 12.5. The third-order valence-corrected chi connectivity index (χ3v) is 5.50. The van der Waals surface area contributed by atoms with Crippen molar-refractivity contribution in [2.45, 2.75) is 58.1 Å². The number of likely N-dealkylation sites (N-methyl/N-ethyl adjacent to an activating group) is 1. The van der Waals surface area contributed by atoms with Gasteiger partial charge in [0.15, 0.2) is 24.1 Å². The Labute approximate surface area is 240 Å². The molecule has 2 rings (SSSR count). The van der Waals surface area contributed by atoms with Gasteiger partial charge in [-0.05, 0) is 25.7 Å². The normalized spacial score (nSPS) is 21.5. The first-order chi connectivity index (χ1) is 19.7. The van der Waals surface area contributed by atoms with Crippen LogP contribution >= 0.6 is 0 Å². The second-order valence-corrected chi connectivity index (χ2v) is 9.15. The molecule has 1 amide bonds. The van der Waals surface area contributed by atoms with Gasteiger partial charge in [0.05, 0.1) is 12.0 Å². The lowest BCUT2D eigenvalue weighted by atomic mass is 9.97. The van der Waals surface area contributed by atoms with E-state index in [2.05, 4.69) is 5.32 Å². The zero-order chi connectivity index (χ0) is 31.6. The minimum absolute atomic E-state index is 0.234. The van der Waals surface area contributed by atoms with E-state index in [0.29, 0.717) is 13.1 Å². The Bertz CT molecular complexity index is 1170. The van der Waals surface area contributed by atoms with Crippen LogP contribution in [0.15, 0.2) is 18.2 Å². The molecule has 0 bridgehead atoms. The quantitative estimate of drug-likeness (QED) is 0.150. The molecule has 1 saturated heterocycles. The average Bonchev–Trinajstić information content (AvgIpc) is 2.89. The maximum absolute atomic E-state index is 12.6. The smallest absolute Gasteiger partial charge is 0.407 e. The molecule has 1 N–H and O–H groups in total. The fourth-order valence-electron chi connectivity index (χ4n) is 3.78. The molecule has 232 valence electrons. The number of nitrogens with one attached hydrogen (secondary N) is 1. The lowest BCUT2D eigenvalue weighted by molar-refractivity contribution is -0.387. The number of amides is 1. The van der Waals surface area contributed by atoms with E-state index in [1.54, 1.807) is 0 Å². The number of rotatable bonds is 12. The van der Waals surface area contributed by atoms with Crippen LogP contribution in [0.25, 0.3) is 0 Å². The molecule has 0 spiro atoms. The highest BCUT2D eigenvalue weighted by Gasteiger charge is 2.56. The summed E-state index contributed by atoms with van der Waals surface area (Å²) in [4.78, 5) is 73.1. The van der Waals surface area contributed by atoms with Gasteiger partial charge in [0, 0.05) is 39.9 Å². The fourth-order valence-corrected chi connectivity index (χ4v) is 3.78. The monoisotopic (exact) mass is 599 g/mol. The van der Waals surface area contributed by atoms with E-state index in [-0.39, 0.29) is 12.2 Å². The minimum Gasteiger partial charge on any atom is -0.467 e. The number of carbonyl (C=O) groups excluding carboxylic acids is 5. The van der Waals surface area contributed by atoms with Crippen LogP contribution in [0.5, 0.6) is 5.75 Å². The Kier molecular flexibility index (Phi) is 12.4. The van der Waals surface area contributed by atoms with Gasteiger partial charge in [0.25, 0.3) is 0 Å². The number of carbonyl (C=O) groups is 5. The lowest BCUT2D eigenvalue weighted by Crippen LogP contribution is -2.64. The molecular weight excluding hydrogens is 566 g/mol. The number of nitrogens with zero attached hydrogens (tertiary/aromatic N) is 2. The molecule has 42 heavy (non-hydrogen) atoms. The van der Waals surface area contributed by atoms with E-state index in [9.17, 15) is 34.1 Å². The highest BCUT2D eigenvalue weighted by Crippen LogP contribution is 2.35. The number of esters is 4. The van der Waals surface area contributed by atoms with Gasteiger partial charge in [-0.3, -0.25) is 24.5 Å². The minimum atomic E-state index is -1.79. The van der Waals surface area contributed by atoms with Crippen molar-refractivity contribution in [1.82, 2.24) is 10.2 Å². The van der Waals surface area contributed by atoms with Crippen molar-refractivity contribution in [2.75, 3.05) is 34.3 Å². The maximum atomic E-state index is 12.6. The molecule has 17 nitrogen and oxygen atoms in total. The maximum Gasteiger partial charge on any atom is 0.407 e. The molecule has 5 atom stereocenters. The standard InChI is InChI=1S/C25H33N3O14/c1-13(29)38-19-20(39-14(2)30)22(40-15(3)31)24(42-21(19)23(32)36-6)41-18-8-7-16(11-17(18)28(34)35)12-37-25(33)26-9-10-27(4)5/h7-8,11,19-22,24H,9-10,12H2,1-6H3,(H,26,33)/t19?,20-,21?,22?,24+/m0/s1. The van der Waals surface area contributed by atoms with Crippen LogP contribution in [-0.4, -0.2) is 105 Å². The van der Waals surface area contributed by atoms with Crippen molar-refractivity contribution in [2.24, 2.45) is 0 Å². The van der Waals surface area contributed by atoms with E-state index in [1.165, 1.54) is 12.1 Å². The van der Waals surface area contributed by atoms with Crippen LogP contribution in [0.2, 0.25) is 0 Å². The highest BCUT2D eigenvalue weighted by atomic mass is 16.7. The molecule has 0 saturated carbocycles. The number of alkyl carbamates (subject to hydrolysis) is 1. The van der Waals surface area contributed by atoms with Crippen LogP contribution in [-0.2, 0) is 54.2 Å². The Balaban J connectivity index is 2.40. The number of methoxy groups -OCH3 is 1. The SMILES string of the molecule is COC(=O)C1O[C@@H](Oc2ccc(COC(=O)NCCN(C)C)cc2[N+](=O)[O-])C(OC(C)=O)[C@@H](OC(C)=O)C1OC(C)=O. The summed E-state index contributed by atoms with van der Waals surface area (Å²) in [6.45, 7) is 3.63. The summed E-state index contributed by atoms with van der Waals surface area (Å²) in [7, 11) is 4.67. The molecular formula is C25H33N3O14. The van der Waals surface area contributed by atoms with E-state index in [4.69, 9.17) is 33.2 Å². The van der Waals surface area contributed by atoms with Gasteiger partial charge in [0.1, 0.15) is 6.61 Å². The van der Waals surface area contributed by atoms with E-state index in [0.717, 1.165) is 33.9 Å². The van der Waals surface area contributed by atoms with Gasteiger partial charge in [-0.25, -0.2) is 9.59 Å². The number of benzene rings is 1.